The molecule has 0 fully saturated rings. The van der Waals surface area contributed by atoms with Crippen molar-refractivity contribution in [1.29, 1.82) is 0 Å². The Morgan fingerprint density at radius 3 is 1.71 bits per heavy atom. The molecule has 0 radical (unpaired) electrons. The number of carboxylic acid groups (broad SMARTS) is 2. The first-order valence-electron chi connectivity index (χ1n) is 9.85. The number of carboxylic acids is 2. The van der Waals surface area contributed by atoms with Crippen molar-refractivity contribution in [2.24, 2.45) is 10.8 Å². The molecule has 2 aromatic rings. The Morgan fingerprint density at radius 2 is 1.35 bits per heavy atom. The van der Waals surface area contributed by atoms with Gasteiger partial charge in [-0.3, -0.25) is 0 Å². The highest BCUT2D eigenvalue weighted by Gasteiger charge is 2.28. The molecular weight excluding hydrogens is 396 g/mol. The summed E-state index contributed by atoms with van der Waals surface area (Å²) in [7, 11) is 0. The molecule has 2 rings (SSSR count). The van der Waals surface area contributed by atoms with Gasteiger partial charge in [0.1, 0.15) is 24.6 Å². The average Bonchev–Trinajstić information content (AvgIpc) is 2.60. The molecule has 0 aliphatic heterocycles. The van der Waals surface area contributed by atoms with Gasteiger partial charge in [0, 0.05) is 5.69 Å². The summed E-state index contributed by atoms with van der Waals surface area (Å²) in [6, 6.07) is 5.24. The van der Waals surface area contributed by atoms with Gasteiger partial charge in [0.05, 0.1) is 0 Å². The predicted octanol–water partition coefficient (Wildman–Crippen LogP) is 4.09. The van der Waals surface area contributed by atoms with Crippen molar-refractivity contribution in [3.8, 4) is 0 Å². The van der Waals surface area contributed by atoms with Crippen molar-refractivity contribution in [2.75, 3.05) is 5.73 Å². The summed E-state index contributed by atoms with van der Waals surface area (Å²) in [6.07, 6.45) is 5.31. The smallest absolute Gasteiger partial charge is 0.343 e. The third-order valence-electron chi connectivity index (χ3n) is 4.01. The lowest BCUT2D eigenvalue weighted by atomic mass is 9.79. The molecule has 0 atom stereocenters. The molecule has 8 heteroatoms. The highest BCUT2D eigenvalue weighted by molar-refractivity contribution is 6.18. The Balaban J connectivity index is 0.000000683. The largest absolute Gasteiger partial charge is 0.477 e. The van der Waals surface area contributed by atoms with E-state index in [1.54, 1.807) is 12.1 Å². The monoisotopic (exact) mass is 428 g/mol. The molecule has 0 bridgehead atoms. The molecule has 0 aliphatic carbocycles. The first kappa shape index (κ1) is 25.7. The lowest BCUT2D eigenvalue weighted by molar-refractivity contribution is -0.140. The number of aliphatic carboxylic acids is 2. The van der Waals surface area contributed by atoms with E-state index in [1.165, 1.54) is 19.0 Å². The molecule has 0 saturated heterocycles. The van der Waals surface area contributed by atoms with E-state index in [-0.39, 0.29) is 10.8 Å². The van der Waals surface area contributed by atoms with Crippen LogP contribution in [0.5, 0.6) is 0 Å². The second-order valence-electron chi connectivity index (χ2n) is 9.65. The Morgan fingerprint density at radius 1 is 0.871 bits per heavy atom. The maximum atomic E-state index is 11.6. The zero-order valence-corrected chi connectivity index (χ0v) is 19.0. The van der Waals surface area contributed by atoms with Gasteiger partial charge in [-0.25, -0.2) is 24.5 Å². The van der Waals surface area contributed by atoms with Gasteiger partial charge in [-0.15, -0.1) is 0 Å². The van der Waals surface area contributed by atoms with E-state index in [9.17, 15) is 19.8 Å². The zero-order valence-electron chi connectivity index (χ0n) is 19.0. The number of hydrogen-bond acceptors (Lipinski definition) is 6. The van der Waals surface area contributed by atoms with E-state index in [1.807, 2.05) is 26.8 Å². The van der Waals surface area contributed by atoms with Gasteiger partial charge in [0.2, 0.25) is 0 Å². The maximum absolute atomic E-state index is 11.6. The van der Waals surface area contributed by atoms with Crippen LogP contribution in [0, 0.1) is 10.8 Å². The number of nitrogen functional groups attached to an aromatic ring is 1. The molecule has 0 amide bonds. The third kappa shape index (κ3) is 9.37. The quantitative estimate of drug-likeness (QED) is 0.280. The minimum atomic E-state index is -1.43. The molecule has 1 aromatic carbocycles. The standard InChI is InChI=1S/C20H29NO4.C3H3N3/c1-19(2,3)10-12-9-13(21)7-8-14(12)15(11-20(4,5)6)16(17(22)23)18(24)25;1-4-2-6-3-5-1/h7-9H,10-11,21H2,1-6H3,(H,22,23)(H,24,25);1-3H. The third-order valence-corrected chi connectivity index (χ3v) is 4.01. The summed E-state index contributed by atoms with van der Waals surface area (Å²) >= 11 is 0. The summed E-state index contributed by atoms with van der Waals surface area (Å²) in [5.74, 6) is -2.85. The number of nitrogens with two attached hydrogens (primary N) is 1. The maximum Gasteiger partial charge on any atom is 0.343 e. The lowest BCUT2D eigenvalue weighted by Gasteiger charge is -2.26. The van der Waals surface area contributed by atoms with Crippen LogP contribution in [0.3, 0.4) is 0 Å². The van der Waals surface area contributed by atoms with Crippen molar-refractivity contribution < 1.29 is 19.8 Å². The van der Waals surface area contributed by atoms with Gasteiger partial charge in [0.25, 0.3) is 0 Å². The fourth-order valence-corrected chi connectivity index (χ4v) is 3.03. The summed E-state index contributed by atoms with van der Waals surface area (Å²) < 4.78 is 0. The van der Waals surface area contributed by atoms with Gasteiger partial charge in [-0.05, 0) is 52.5 Å². The topological polar surface area (TPSA) is 139 Å². The summed E-state index contributed by atoms with van der Waals surface area (Å²) in [6.45, 7) is 12.1. The van der Waals surface area contributed by atoms with Gasteiger partial charge in [-0.2, -0.15) is 0 Å². The molecule has 8 nitrogen and oxygen atoms in total. The molecule has 31 heavy (non-hydrogen) atoms. The number of anilines is 1. The lowest BCUT2D eigenvalue weighted by Crippen LogP contribution is -2.19. The molecule has 0 aliphatic rings. The highest BCUT2D eigenvalue weighted by atomic mass is 16.4. The number of allylic oxidation sites excluding steroid dienone is 1. The summed E-state index contributed by atoms with van der Waals surface area (Å²) in [5, 5.41) is 19.0. The average molecular weight is 429 g/mol. The first-order chi connectivity index (χ1) is 14.2. The second kappa shape index (κ2) is 10.7. The van der Waals surface area contributed by atoms with E-state index in [2.05, 4.69) is 35.7 Å². The molecule has 0 saturated carbocycles. The van der Waals surface area contributed by atoms with Gasteiger partial charge in [-0.1, -0.05) is 47.6 Å². The normalized spacial score (nSPS) is 11.2. The van der Waals surface area contributed by atoms with Crippen molar-refractivity contribution in [1.82, 2.24) is 15.0 Å². The predicted molar refractivity (Wildman–Crippen MR) is 120 cm³/mol. The van der Waals surface area contributed by atoms with E-state index in [0.717, 1.165) is 5.56 Å². The fourth-order valence-electron chi connectivity index (χ4n) is 3.03. The SMILES string of the molecule is CC(C)(C)CC(=C(C(=O)O)C(=O)O)c1ccc(N)cc1CC(C)(C)C.c1ncncn1. The number of benzene rings is 1. The minimum absolute atomic E-state index is 0.0536. The van der Waals surface area contributed by atoms with E-state index in [4.69, 9.17) is 5.73 Å². The zero-order chi connectivity index (χ0) is 23.8. The van der Waals surface area contributed by atoms with Crippen LogP contribution in [0.25, 0.3) is 5.57 Å². The van der Waals surface area contributed by atoms with Gasteiger partial charge >= 0.3 is 11.9 Å². The van der Waals surface area contributed by atoms with Crippen LogP contribution in [0.4, 0.5) is 5.69 Å². The van der Waals surface area contributed by atoms with Crippen molar-refractivity contribution >= 4 is 23.2 Å². The van der Waals surface area contributed by atoms with E-state index in [0.29, 0.717) is 29.7 Å². The molecule has 4 N–H and O–H groups in total. The number of aromatic nitrogens is 3. The number of carbonyl (C=O) groups is 2. The number of hydrogen-bond donors (Lipinski definition) is 3. The Hall–Kier alpha value is -3.29. The van der Waals surface area contributed by atoms with Crippen LogP contribution < -0.4 is 5.73 Å². The van der Waals surface area contributed by atoms with Crippen LogP contribution in [0.2, 0.25) is 0 Å². The Kier molecular flexibility index (Phi) is 8.85. The first-order valence-corrected chi connectivity index (χ1v) is 9.85. The minimum Gasteiger partial charge on any atom is -0.477 e. The fraction of sp³-hybridized carbons (Fsp3) is 0.435. The van der Waals surface area contributed by atoms with Gasteiger partial charge in [0.15, 0.2) is 0 Å². The Labute approximate surface area is 183 Å². The summed E-state index contributed by atoms with van der Waals surface area (Å²) in [4.78, 5) is 34.0. The van der Waals surface area contributed by atoms with E-state index < -0.39 is 17.5 Å². The molecular formula is C23H32N4O4. The van der Waals surface area contributed by atoms with Crippen LogP contribution in [0.15, 0.2) is 42.8 Å². The molecule has 0 unspecified atom stereocenters. The molecule has 168 valence electrons. The van der Waals surface area contributed by atoms with Gasteiger partial charge < -0.3 is 15.9 Å². The van der Waals surface area contributed by atoms with Crippen molar-refractivity contribution in [2.45, 2.75) is 54.4 Å². The van der Waals surface area contributed by atoms with Crippen LogP contribution in [0.1, 0.15) is 59.1 Å². The molecule has 1 aromatic heterocycles. The molecule has 0 spiro atoms. The summed E-state index contributed by atoms with van der Waals surface area (Å²) in [5.41, 5.74) is 7.45. The van der Waals surface area contributed by atoms with E-state index >= 15 is 0 Å². The van der Waals surface area contributed by atoms with Crippen LogP contribution in [-0.2, 0) is 16.0 Å². The molecule has 1 heterocycles. The van der Waals surface area contributed by atoms with Crippen molar-refractivity contribution in [3.05, 3.63) is 53.9 Å². The van der Waals surface area contributed by atoms with Crippen LogP contribution >= 0.6 is 0 Å². The number of rotatable bonds is 5. The second-order valence-corrected chi connectivity index (χ2v) is 9.65. The highest BCUT2D eigenvalue weighted by Crippen LogP contribution is 2.37. The number of nitrogens with zero attached hydrogens (tertiary/aromatic N) is 3. The van der Waals surface area contributed by atoms with Crippen molar-refractivity contribution in [3.63, 3.8) is 0 Å². The Bertz CT molecular complexity index is 884. The van der Waals surface area contributed by atoms with Crippen LogP contribution in [-0.4, -0.2) is 37.1 Å².